The molecule has 0 aromatic heterocycles. The summed E-state index contributed by atoms with van der Waals surface area (Å²) in [5, 5.41) is 0. The number of hydrogen-bond acceptors (Lipinski definition) is 11. The predicted molar refractivity (Wildman–Crippen MR) is 139 cm³/mol. The minimum absolute atomic E-state index is 0.421. The van der Waals surface area contributed by atoms with Crippen LogP contribution in [0.15, 0.2) is 12.1 Å². The molecular formula is C26H44F3NO10. The molecule has 0 amide bonds. The third-order valence-electron chi connectivity index (χ3n) is 4.41. The van der Waals surface area contributed by atoms with Crippen molar-refractivity contribution in [2.45, 2.75) is 6.42 Å². The number of halogens is 3. The highest BCUT2D eigenvalue weighted by Gasteiger charge is 2.10. The first-order valence-corrected chi connectivity index (χ1v) is 13.0. The summed E-state index contributed by atoms with van der Waals surface area (Å²) in [6.07, 6.45) is 1.25. The first-order chi connectivity index (χ1) is 19.6. The van der Waals surface area contributed by atoms with E-state index in [-0.39, 0.29) is 0 Å². The first kappa shape index (κ1) is 38.1. The number of carbonyl (C=O) groups is 1. The molecule has 0 saturated carbocycles. The highest BCUT2D eigenvalue weighted by molar-refractivity contribution is 5.49. The summed E-state index contributed by atoms with van der Waals surface area (Å²) in [6, 6.07) is 1.11. The molecule has 0 spiro atoms. The third-order valence-corrected chi connectivity index (χ3v) is 4.41. The Morgan fingerprint density at radius 3 is 1.15 bits per heavy atom. The van der Waals surface area contributed by atoms with Crippen molar-refractivity contribution < 1.29 is 60.6 Å². The van der Waals surface area contributed by atoms with Crippen molar-refractivity contribution in [2.24, 2.45) is 5.73 Å². The summed E-state index contributed by atoms with van der Waals surface area (Å²) in [5.74, 6) is -3.60. The highest BCUT2D eigenvalue weighted by atomic mass is 19.1. The Morgan fingerprint density at radius 2 is 0.875 bits per heavy atom. The van der Waals surface area contributed by atoms with E-state index in [1.54, 1.807) is 0 Å². The molecule has 1 aromatic carbocycles. The van der Waals surface area contributed by atoms with Crippen LogP contribution < -0.4 is 10.5 Å². The Kier molecular flexibility index (Phi) is 28.7. The van der Waals surface area contributed by atoms with E-state index >= 15 is 0 Å². The number of nitrogens with two attached hydrogens (primary N) is 1. The molecule has 0 radical (unpaired) electrons. The smallest absolute Gasteiger partial charge is 0.190 e. The molecule has 0 unspecified atom stereocenters. The fourth-order valence-corrected chi connectivity index (χ4v) is 2.58. The van der Waals surface area contributed by atoms with E-state index in [1.807, 2.05) is 0 Å². The summed E-state index contributed by atoms with van der Waals surface area (Å²) in [7, 11) is 1.11. The lowest BCUT2D eigenvalue weighted by Gasteiger charge is -2.08. The van der Waals surface area contributed by atoms with Crippen molar-refractivity contribution in [3.8, 4) is 5.75 Å². The summed E-state index contributed by atoms with van der Waals surface area (Å²) >= 11 is 0. The largest absolute Gasteiger partial charge is 0.491 e. The fraction of sp³-hybridized carbons (Fsp3) is 0.731. The average molecular weight is 588 g/mol. The van der Waals surface area contributed by atoms with Gasteiger partial charge in [-0.25, -0.2) is 13.2 Å². The van der Waals surface area contributed by atoms with Gasteiger partial charge in [-0.1, -0.05) is 0 Å². The van der Waals surface area contributed by atoms with Crippen LogP contribution in [0.1, 0.15) is 6.42 Å². The van der Waals surface area contributed by atoms with Gasteiger partial charge in [0.25, 0.3) is 0 Å². The summed E-state index contributed by atoms with van der Waals surface area (Å²) in [6.45, 7) is 8.82. The zero-order valence-electron chi connectivity index (χ0n) is 23.3. The molecule has 0 aliphatic carbocycles. The molecule has 0 bridgehead atoms. The summed E-state index contributed by atoms with van der Waals surface area (Å²) in [5.41, 5.74) is 5.30. The molecular weight excluding hydrogens is 543 g/mol. The zero-order chi connectivity index (χ0) is 29.5. The van der Waals surface area contributed by atoms with Gasteiger partial charge in [0.05, 0.1) is 113 Å². The van der Waals surface area contributed by atoms with Gasteiger partial charge in [0.1, 0.15) is 12.1 Å². The van der Waals surface area contributed by atoms with Crippen molar-refractivity contribution >= 4 is 6.29 Å². The van der Waals surface area contributed by atoms with Crippen LogP contribution >= 0.6 is 0 Å². The molecule has 0 saturated heterocycles. The zero-order valence-corrected chi connectivity index (χ0v) is 23.3. The molecule has 0 atom stereocenters. The number of benzene rings is 1. The Labute approximate surface area is 234 Å². The normalized spacial score (nSPS) is 10.8. The second-order valence-corrected chi connectivity index (χ2v) is 7.55. The molecule has 40 heavy (non-hydrogen) atoms. The Balaban J connectivity index is 0.00000114. The maximum atomic E-state index is 12.5. The van der Waals surface area contributed by atoms with E-state index in [0.717, 1.165) is 13.4 Å². The fourth-order valence-electron chi connectivity index (χ4n) is 2.58. The van der Waals surface area contributed by atoms with Gasteiger partial charge in [-0.15, -0.1) is 0 Å². The monoisotopic (exact) mass is 587 g/mol. The molecule has 0 aliphatic rings. The molecule has 11 nitrogen and oxygen atoms in total. The van der Waals surface area contributed by atoms with E-state index in [4.69, 9.17) is 43.6 Å². The van der Waals surface area contributed by atoms with Gasteiger partial charge in [0.2, 0.25) is 0 Å². The number of hydrogen-bond donors (Lipinski definition) is 1. The van der Waals surface area contributed by atoms with Crippen molar-refractivity contribution in [1.29, 1.82) is 0 Å². The van der Waals surface area contributed by atoms with Crippen LogP contribution in [0.5, 0.6) is 5.75 Å². The van der Waals surface area contributed by atoms with Gasteiger partial charge in [0, 0.05) is 25.1 Å². The average Bonchev–Trinajstić information content (AvgIpc) is 2.93. The molecule has 234 valence electrons. The Bertz CT molecular complexity index is 684. The van der Waals surface area contributed by atoms with Gasteiger partial charge in [0.15, 0.2) is 17.4 Å². The van der Waals surface area contributed by atoms with Gasteiger partial charge in [-0.3, -0.25) is 0 Å². The topological polar surface area (TPSA) is 126 Å². The number of aldehydes is 1. The first-order valence-electron chi connectivity index (χ1n) is 13.0. The van der Waals surface area contributed by atoms with Gasteiger partial charge in [-0.05, 0) is 0 Å². The second kappa shape index (κ2) is 30.1. The van der Waals surface area contributed by atoms with Gasteiger partial charge >= 0.3 is 0 Å². The Hall–Kier alpha value is -1.88. The number of methoxy groups -OCH3 is 1. The highest BCUT2D eigenvalue weighted by Crippen LogP contribution is 2.21. The minimum atomic E-state index is -1.04. The van der Waals surface area contributed by atoms with E-state index in [9.17, 15) is 18.0 Å². The minimum Gasteiger partial charge on any atom is -0.491 e. The molecule has 2 N–H and O–H groups in total. The molecule has 1 aromatic rings. The van der Waals surface area contributed by atoms with Crippen LogP contribution in [0.3, 0.4) is 0 Å². The maximum absolute atomic E-state index is 12.5. The lowest BCUT2D eigenvalue weighted by Crippen LogP contribution is -2.15. The van der Waals surface area contributed by atoms with E-state index < -0.39 is 23.2 Å². The standard InChI is InChI=1S/C19H39NO9.C7H5F3O/c20-2-5-23-7-9-25-11-13-27-15-17-29-19-18-28-16-14-26-12-10-24-8-6-22-4-1-3-21;1-11-7-5(9)2-4(8)3-6(7)10/h3H,1-2,4-20H2;2-3H,1H3. The quantitative estimate of drug-likeness (QED) is 0.120. The molecule has 14 heteroatoms. The van der Waals surface area contributed by atoms with Crippen LogP contribution in [-0.2, 0) is 42.7 Å². The van der Waals surface area contributed by atoms with Crippen LogP contribution in [0.25, 0.3) is 0 Å². The molecule has 0 heterocycles. The van der Waals surface area contributed by atoms with Crippen LogP contribution in [0, 0.1) is 17.5 Å². The van der Waals surface area contributed by atoms with Crippen LogP contribution in [0.2, 0.25) is 0 Å². The number of rotatable bonds is 27. The Morgan fingerprint density at radius 1 is 0.575 bits per heavy atom. The van der Waals surface area contributed by atoms with Gasteiger partial charge < -0.3 is 53.2 Å². The maximum Gasteiger partial charge on any atom is 0.190 e. The van der Waals surface area contributed by atoms with Crippen molar-refractivity contribution in [1.82, 2.24) is 0 Å². The van der Waals surface area contributed by atoms with Crippen molar-refractivity contribution in [3.63, 3.8) is 0 Å². The van der Waals surface area contributed by atoms with E-state index in [2.05, 4.69) is 4.74 Å². The van der Waals surface area contributed by atoms with E-state index in [1.165, 1.54) is 0 Å². The predicted octanol–water partition coefficient (Wildman–Crippen LogP) is 1.78. The lowest BCUT2D eigenvalue weighted by molar-refractivity contribution is -0.109. The van der Waals surface area contributed by atoms with Crippen molar-refractivity contribution in [2.75, 3.05) is 119 Å². The SMILES string of the molecule is COc1c(F)cc(F)cc1F.NCCOCCOCCOCCOCCOCCOCCOCCOCCC=O. The summed E-state index contributed by atoms with van der Waals surface area (Å²) < 4.78 is 84.1. The number of carbonyl (C=O) groups excluding carboxylic acids is 1. The molecule has 1 rings (SSSR count). The number of ether oxygens (including phenoxy) is 9. The van der Waals surface area contributed by atoms with Crippen LogP contribution in [0.4, 0.5) is 13.2 Å². The third kappa shape index (κ3) is 25.1. The van der Waals surface area contributed by atoms with Crippen molar-refractivity contribution in [3.05, 3.63) is 29.6 Å². The molecule has 0 aliphatic heterocycles. The van der Waals surface area contributed by atoms with Crippen LogP contribution in [-0.4, -0.2) is 126 Å². The second-order valence-electron chi connectivity index (χ2n) is 7.55. The lowest BCUT2D eigenvalue weighted by atomic mass is 10.3. The van der Waals surface area contributed by atoms with Gasteiger partial charge in [-0.2, -0.15) is 0 Å². The summed E-state index contributed by atoms with van der Waals surface area (Å²) in [4.78, 5) is 10.1. The molecule has 0 fully saturated rings. The van der Waals surface area contributed by atoms with E-state index in [0.29, 0.717) is 131 Å².